The van der Waals surface area contributed by atoms with Gasteiger partial charge in [0.2, 0.25) is 5.95 Å². The van der Waals surface area contributed by atoms with Gasteiger partial charge in [0.1, 0.15) is 51.6 Å². The minimum atomic E-state index is -1.70. The molecule has 0 saturated heterocycles. The number of nitrogens with zero attached hydrogens (tertiary/aromatic N) is 13. The van der Waals surface area contributed by atoms with Crippen molar-refractivity contribution in [2.24, 2.45) is 0 Å². The second-order valence-corrected chi connectivity index (χ2v) is 19.8. The molecule has 3 atom stereocenters. The lowest BCUT2D eigenvalue weighted by atomic mass is 9.95. The van der Waals surface area contributed by atoms with E-state index in [1.165, 1.54) is 61.1 Å². The summed E-state index contributed by atoms with van der Waals surface area (Å²) in [5, 5.41) is 52.6. The van der Waals surface area contributed by atoms with Gasteiger partial charge in [-0.1, -0.05) is 68.2 Å². The molecule has 0 amide bonds. The fraction of sp³-hybridized carbons (Fsp3) is 0.302. The molecular weight excluding hydrogens is 1090 g/mol. The van der Waals surface area contributed by atoms with E-state index in [1.54, 1.807) is 43.7 Å². The average molecular weight is 1140 g/mol. The molecule has 0 unspecified atom stereocenters. The summed E-state index contributed by atoms with van der Waals surface area (Å²) in [7, 11) is 0. The van der Waals surface area contributed by atoms with Crippen molar-refractivity contribution in [3.8, 4) is 17.3 Å². The van der Waals surface area contributed by atoms with E-state index in [9.17, 15) is 34.1 Å². The molecule has 0 spiro atoms. The molecule has 22 heteroatoms. The normalized spacial score (nSPS) is 13.1. The summed E-state index contributed by atoms with van der Waals surface area (Å²) in [5.74, 6) is -0.969. The molecule has 3 N–H and O–H groups in total. The Hall–Kier alpha value is -7.96. The first-order valence-electron chi connectivity index (χ1n) is 22.7. The average Bonchev–Trinajstić information content (AvgIpc) is 4.01. The van der Waals surface area contributed by atoms with Crippen molar-refractivity contribution >= 4 is 66.7 Å². The van der Waals surface area contributed by atoms with Gasteiger partial charge in [0.25, 0.3) is 17.5 Å². The summed E-state index contributed by atoms with van der Waals surface area (Å²) in [6.07, 6.45) is 9.07. The number of aryl methyl sites for hydroxylation is 4. The molecule has 0 aliphatic rings. The van der Waals surface area contributed by atoms with E-state index in [0.717, 1.165) is 22.4 Å². The second kappa shape index (κ2) is 24.8. The zero-order chi connectivity index (χ0) is 55.4. The molecule has 0 radical (unpaired) electrons. The monoisotopic (exact) mass is 1140 g/mol. The molecule has 6 heterocycles. The van der Waals surface area contributed by atoms with Crippen molar-refractivity contribution in [1.82, 2.24) is 44.3 Å². The smallest absolute Gasteiger partial charge is 0.272 e. The summed E-state index contributed by atoms with van der Waals surface area (Å²) < 4.78 is 17.9. The summed E-state index contributed by atoms with van der Waals surface area (Å²) in [6, 6.07) is 16.9. The van der Waals surface area contributed by atoms with Crippen molar-refractivity contribution in [2.75, 3.05) is 0 Å². The van der Waals surface area contributed by atoms with E-state index in [0.29, 0.717) is 49.6 Å². The van der Waals surface area contributed by atoms with Crippen molar-refractivity contribution in [1.29, 1.82) is 5.26 Å². The van der Waals surface area contributed by atoms with Gasteiger partial charge >= 0.3 is 0 Å². The second-order valence-electron chi connectivity index (χ2n) is 18.2. The third-order valence-corrected chi connectivity index (χ3v) is 12.6. The first-order chi connectivity index (χ1) is 35.3. The molecule has 7 aromatic rings. The van der Waals surface area contributed by atoms with E-state index in [2.05, 4.69) is 76.6 Å². The fourth-order valence-electron chi connectivity index (χ4n) is 7.35. The molecule has 1 aromatic carbocycles. The summed E-state index contributed by atoms with van der Waals surface area (Å²) >= 11 is 6.12. The van der Waals surface area contributed by atoms with Gasteiger partial charge in [-0.3, -0.25) is 28.4 Å². The Kier molecular flexibility index (Phi) is 19.2. The topological polar surface area (TPSA) is 241 Å². The minimum Gasteiger partial charge on any atom is -0.380 e. The van der Waals surface area contributed by atoms with Crippen LogP contribution in [0.3, 0.4) is 0 Å². The van der Waals surface area contributed by atoms with E-state index in [4.69, 9.17) is 25.0 Å². The van der Waals surface area contributed by atoms with Crippen LogP contribution in [0.15, 0.2) is 94.8 Å². The molecule has 0 aliphatic carbocycles. The van der Waals surface area contributed by atoms with Crippen molar-refractivity contribution in [3.63, 3.8) is 0 Å². The molecule has 0 saturated carbocycles. The number of aliphatic hydroxyl groups is 3. The Morgan fingerprint density at radius 3 is 1.35 bits per heavy atom. The van der Waals surface area contributed by atoms with Crippen molar-refractivity contribution < 1.29 is 34.1 Å². The van der Waals surface area contributed by atoms with Gasteiger partial charge in [0, 0.05) is 60.1 Å². The molecule has 0 bridgehead atoms. The van der Waals surface area contributed by atoms with Gasteiger partial charge < -0.3 is 29.9 Å². The van der Waals surface area contributed by atoms with Crippen LogP contribution in [-0.2, 0) is 53.3 Å². The van der Waals surface area contributed by atoms with E-state index in [1.807, 2.05) is 49.5 Å². The van der Waals surface area contributed by atoms with Crippen molar-refractivity contribution in [3.05, 3.63) is 179 Å². The molecule has 6 aromatic heterocycles. The number of carbonyl (C=O) groups is 3. The van der Waals surface area contributed by atoms with Gasteiger partial charge in [-0.2, -0.15) is 19.8 Å². The quantitative estimate of drug-likeness (QED) is 0.0769. The van der Waals surface area contributed by atoms with Crippen molar-refractivity contribution in [2.45, 2.75) is 104 Å². The summed E-state index contributed by atoms with van der Waals surface area (Å²) in [6.45, 7) is 32.3. The molecule has 19 nitrogen and oxygen atoms in total. The number of nitriles is 1. The largest absolute Gasteiger partial charge is 0.380 e. The number of Topliss-reactive ketones (excluding diaryl/α,β-unsaturated/α-hetero) is 3. The zero-order valence-electron chi connectivity index (χ0n) is 41.8. The standard InChI is InChI=1S/C22H22N4O2.C16H14BrN5O2.C15H14BrFN4O2/c1-15-10-17(12-24-21(15)23-4)11-19(27)22(3,28)14-26-13-16(2)20(25-26)18-8-6-5-7-9-18;1-10-4-11(7-20-15(10)19-3)5-13(23)16(2,24)9-22-8-12(6-18)14(17)21-22;1-9-4-10(6-19-14(9)18-3)5-12(22)15(2,23)8-21-7-11(16)13(17)20-21/h5-10,12-13,28H,11,14H2,1-3H3;4,7-8,24H,5,9H2,1-2H3;4,6-7,23H,5,8H2,1-2H3/t22-;16-;15-/m000/s1. The molecule has 0 fully saturated rings. The fourth-order valence-corrected chi connectivity index (χ4v) is 8.06. The number of benzene rings is 1. The highest BCUT2D eigenvalue weighted by Gasteiger charge is 2.34. The molecule has 384 valence electrons. The van der Waals surface area contributed by atoms with Crippen LogP contribution in [-0.4, -0.2) is 93.8 Å². The maximum Gasteiger partial charge on any atom is 0.272 e. The molecule has 75 heavy (non-hydrogen) atoms. The zero-order valence-corrected chi connectivity index (χ0v) is 45.0. The summed E-state index contributed by atoms with van der Waals surface area (Å²) in [4.78, 5) is 59.3. The lowest BCUT2D eigenvalue weighted by Gasteiger charge is -2.21. The van der Waals surface area contributed by atoms with Gasteiger partial charge in [0.15, 0.2) is 17.3 Å². The van der Waals surface area contributed by atoms with Crippen LogP contribution >= 0.6 is 31.9 Å². The van der Waals surface area contributed by atoms with E-state index < -0.39 is 34.3 Å². The lowest BCUT2D eigenvalue weighted by Crippen LogP contribution is -2.41. The highest BCUT2D eigenvalue weighted by atomic mass is 79.9. The number of hydrogen-bond donors (Lipinski definition) is 3. The highest BCUT2D eigenvalue weighted by Crippen LogP contribution is 2.25. The third-order valence-electron chi connectivity index (χ3n) is 11.4. The predicted octanol–water partition coefficient (Wildman–Crippen LogP) is 8.61. The van der Waals surface area contributed by atoms with Crippen LogP contribution in [0.2, 0.25) is 0 Å². The third kappa shape index (κ3) is 15.5. The van der Waals surface area contributed by atoms with Crippen LogP contribution in [0.5, 0.6) is 0 Å². The number of carbonyl (C=O) groups excluding carboxylic acids is 3. The Balaban J connectivity index is 0.000000209. The first kappa shape index (κ1) is 57.9. The van der Waals surface area contributed by atoms with Crippen LogP contribution in [0, 0.1) is 64.7 Å². The van der Waals surface area contributed by atoms with E-state index in [-0.39, 0.29) is 55.0 Å². The van der Waals surface area contributed by atoms with Crippen LogP contribution in [0.4, 0.5) is 21.8 Å². The van der Waals surface area contributed by atoms with Gasteiger partial charge in [-0.05, 0) is 103 Å². The number of halogens is 3. The first-order valence-corrected chi connectivity index (χ1v) is 24.2. The number of ketones is 3. The minimum absolute atomic E-state index is 0.00728. The van der Waals surface area contributed by atoms with Gasteiger partial charge in [0.05, 0.1) is 29.8 Å². The summed E-state index contributed by atoms with van der Waals surface area (Å²) in [5.41, 5.74) is 2.19. The maximum atomic E-state index is 13.2. The molecule has 7 rings (SSSR count). The molecular formula is C53H50Br2FN13O6. The maximum absolute atomic E-state index is 13.2. The number of pyridine rings is 3. The Labute approximate surface area is 449 Å². The van der Waals surface area contributed by atoms with E-state index >= 15 is 0 Å². The number of aromatic nitrogens is 9. The molecule has 0 aliphatic heterocycles. The Morgan fingerprint density at radius 2 is 1.01 bits per heavy atom. The predicted molar refractivity (Wildman–Crippen MR) is 281 cm³/mol. The van der Waals surface area contributed by atoms with Crippen LogP contribution < -0.4 is 0 Å². The Bertz CT molecular complexity index is 3410. The highest BCUT2D eigenvalue weighted by molar-refractivity contribution is 9.10. The lowest BCUT2D eigenvalue weighted by molar-refractivity contribution is -0.136. The number of hydrogen-bond acceptors (Lipinski definition) is 13. The van der Waals surface area contributed by atoms with Gasteiger partial charge in [-0.15, -0.1) is 20.1 Å². The van der Waals surface area contributed by atoms with Crippen LogP contribution in [0.25, 0.3) is 25.8 Å². The number of rotatable bonds is 16. The SMILES string of the molecule is [C-]#[N+]c1ncc(CC(=O)[C@@](C)(O)Cn2cc(Br)c(F)n2)cc1C.[C-]#[N+]c1ncc(CC(=O)[C@@](C)(O)Cn2cc(C#N)c(Br)n2)cc1C.[C-]#[N+]c1ncc(CC(=O)[C@@](C)(O)Cn2cc(C)c(-c3ccccc3)n2)cc1C. The van der Waals surface area contributed by atoms with Gasteiger partial charge in [-0.25, -0.2) is 0 Å². The van der Waals surface area contributed by atoms with Crippen LogP contribution in [0.1, 0.15) is 65.3 Å². The Morgan fingerprint density at radius 1 is 0.627 bits per heavy atom.